The fourth-order valence-electron chi connectivity index (χ4n) is 4.42. The largest absolute Gasteiger partial charge is 0.516 e. The van der Waals surface area contributed by atoms with Gasteiger partial charge in [-0.15, -0.1) is 11.3 Å². The third-order valence-electron chi connectivity index (χ3n) is 5.73. The van der Waals surface area contributed by atoms with Gasteiger partial charge in [-0.3, -0.25) is 4.98 Å². The second-order valence-electron chi connectivity index (χ2n) is 7.35. The van der Waals surface area contributed by atoms with Crippen LogP contribution in [0, 0.1) is 19.8 Å². The summed E-state index contributed by atoms with van der Waals surface area (Å²) >= 11 is 1.57. The first-order chi connectivity index (χ1) is 13.5. The molecular weight excluding hydrogens is 376 g/mol. The topological polar surface area (TPSA) is 121 Å². The summed E-state index contributed by atoms with van der Waals surface area (Å²) in [4.78, 5) is 20.1. The van der Waals surface area contributed by atoms with Crippen LogP contribution in [0.1, 0.15) is 17.8 Å². The van der Waals surface area contributed by atoms with Gasteiger partial charge in [0.05, 0.1) is 40.1 Å². The van der Waals surface area contributed by atoms with Crippen molar-refractivity contribution in [1.29, 1.82) is 0 Å². The zero-order valence-corrected chi connectivity index (χ0v) is 16.3. The van der Waals surface area contributed by atoms with Gasteiger partial charge in [-0.1, -0.05) is 0 Å². The van der Waals surface area contributed by atoms with Crippen molar-refractivity contribution in [3.05, 3.63) is 35.5 Å². The number of piperidine rings is 1. The summed E-state index contributed by atoms with van der Waals surface area (Å²) in [7, 11) is 0. The number of aliphatic hydroxyl groups excluding tert-OH is 2. The zero-order valence-electron chi connectivity index (χ0n) is 15.5. The van der Waals surface area contributed by atoms with Crippen LogP contribution >= 0.6 is 11.3 Å². The Labute approximate surface area is 165 Å². The Morgan fingerprint density at radius 3 is 2.79 bits per heavy atom. The van der Waals surface area contributed by atoms with E-state index in [4.69, 9.17) is 10.7 Å². The van der Waals surface area contributed by atoms with Crippen LogP contribution in [0.15, 0.2) is 24.1 Å². The van der Waals surface area contributed by atoms with E-state index in [1.54, 1.807) is 17.5 Å². The van der Waals surface area contributed by atoms with Gasteiger partial charge in [-0.2, -0.15) is 4.98 Å². The van der Waals surface area contributed by atoms with Gasteiger partial charge in [0, 0.05) is 18.7 Å². The molecule has 28 heavy (non-hydrogen) atoms. The third kappa shape index (κ3) is 2.39. The number of nitrogen functional groups attached to an aromatic ring is 1. The monoisotopic (exact) mass is 396 g/mol. The predicted molar refractivity (Wildman–Crippen MR) is 108 cm³/mol. The van der Waals surface area contributed by atoms with Gasteiger partial charge >= 0.3 is 0 Å². The molecule has 2 fully saturated rings. The molecule has 1 saturated carbocycles. The minimum Gasteiger partial charge on any atom is -0.516 e. The fourth-order valence-corrected chi connectivity index (χ4v) is 5.53. The molecule has 0 radical (unpaired) electrons. The number of fused-ring (bicyclic) bond motifs is 3. The van der Waals surface area contributed by atoms with Gasteiger partial charge in [0.15, 0.2) is 0 Å². The minimum absolute atomic E-state index is 0.108. The lowest BCUT2D eigenvalue weighted by Gasteiger charge is -2.33. The number of anilines is 2. The van der Waals surface area contributed by atoms with Crippen molar-refractivity contribution in [2.24, 2.45) is 5.92 Å². The molecule has 2 aliphatic rings. The first-order valence-corrected chi connectivity index (χ1v) is 9.95. The fraction of sp³-hybridized carbons (Fsp3) is 0.368. The zero-order chi connectivity index (χ0) is 19.6. The first-order valence-electron chi connectivity index (χ1n) is 9.13. The van der Waals surface area contributed by atoms with Gasteiger partial charge in [-0.05, 0) is 31.9 Å². The summed E-state index contributed by atoms with van der Waals surface area (Å²) in [6.07, 6.45) is 2.90. The molecule has 1 saturated heterocycles. The van der Waals surface area contributed by atoms with Crippen molar-refractivity contribution < 1.29 is 10.2 Å². The van der Waals surface area contributed by atoms with Crippen LogP contribution in [0.3, 0.4) is 0 Å². The molecule has 3 atom stereocenters. The SMILES string of the molecule is Cc1nc(N)nc(N2C[C@H]3C[C@@H]2[C@H](O)/C3=C/O)c1-c1nc2c(C)nccc2s1. The van der Waals surface area contributed by atoms with E-state index < -0.39 is 6.10 Å². The summed E-state index contributed by atoms with van der Waals surface area (Å²) in [6, 6.07) is 1.81. The summed E-state index contributed by atoms with van der Waals surface area (Å²) < 4.78 is 1.05. The highest BCUT2D eigenvalue weighted by atomic mass is 32.1. The number of rotatable bonds is 2. The Hall–Kier alpha value is -2.78. The highest BCUT2D eigenvalue weighted by Crippen LogP contribution is 2.47. The summed E-state index contributed by atoms with van der Waals surface area (Å²) in [5.74, 6) is 1.000. The molecule has 4 N–H and O–H groups in total. The Balaban J connectivity index is 1.67. The molecule has 0 spiro atoms. The van der Waals surface area contributed by atoms with Crippen molar-refractivity contribution in [3.8, 4) is 10.6 Å². The van der Waals surface area contributed by atoms with Crippen LogP contribution in [-0.2, 0) is 0 Å². The maximum Gasteiger partial charge on any atom is 0.222 e. The van der Waals surface area contributed by atoms with E-state index in [0.29, 0.717) is 17.9 Å². The van der Waals surface area contributed by atoms with Crippen molar-refractivity contribution in [1.82, 2.24) is 19.9 Å². The number of hydrogen-bond acceptors (Lipinski definition) is 9. The molecule has 0 aromatic carbocycles. The molecule has 4 heterocycles. The predicted octanol–water partition coefficient (Wildman–Crippen LogP) is 2.36. The number of thiazole rings is 1. The van der Waals surface area contributed by atoms with Crippen LogP contribution in [0.5, 0.6) is 0 Å². The number of hydrogen-bond donors (Lipinski definition) is 3. The van der Waals surface area contributed by atoms with E-state index in [9.17, 15) is 10.2 Å². The van der Waals surface area contributed by atoms with Gasteiger partial charge in [0.2, 0.25) is 5.95 Å². The number of nitrogens with two attached hydrogens (primary N) is 1. The standard InChI is InChI=1S/C19H20N6O2S/c1-8-14(18-23-15-9(2)21-4-3-13(15)28-18)17(24-19(20)22-8)25-6-10-5-12(25)16(27)11(10)7-26/h3-4,7,10,12,16,26-27H,5-6H2,1-2H3,(H2,20,22,24)/b11-7+/t10-,12-,16-/m1/s1. The van der Waals surface area contributed by atoms with E-state index in [-0.39, 0.29) is 17.9 Å². The Kier molecular flexibility index (Phi) is 3.78. The molecule has 8 nitrogen and oxygen atoms in total. The summed E-state index contributed by atoms with van der Waals surface area (Å²) in [6.45, 7) is 4.51. The lowest BCUT2D eigenvalue weighted by molar-refractivity contribution is 0.184. The highest BCUT2D eigenvalue weighted by molar-refractivity contribution is 7.21. The van der Waals surface area contributed by atoms with Crippen molar-refractivity contribution in [2.75, 3.05) is 17.2 Å². The van der Waals surface area contributed by atoms with E-state index in [1.807, 2.05) is 19.9 Å². The van der Waals surface area contributed by atoms with Crippen LogP contribution in [-0.4, -0.2) is 48.8 Å². The molecule has 1 aliphatic carbocycles. The molecule has 0 unspecified atom stereocenters. The highest BCUT2D eigenvalue weighted by Gasteiger charge is 2.49. The number of aryl methyl sites for hydroxylation is 2. The third-order valence-corrected chi connectivity index (χ3v) is 6.77. The lowest BCUT2D eigenvalue weighted by atomic mass is 10.0. The van der Waals surface area contributed by atoms with Gasteiger partial charge < -0.3 is 20.8 Å². The van der Waals surface area contributed by atoms with E-state index in [2.05, 4.69) is 19.9 Å². The molecule has 9 heteroatoms. The molecular formula is C19H20N6O2S. The summed E-state index contributed by atoms with van der Waals surface area (Å²) in [5.41, 5.74) is 10.0. The number of aromatic nitrogens is 4. The quantitative estimate of drug-likeness (QED) is 0.565. The van der Waals surface area contributed by atoms with Crippen LogP contribution in [0.25, 0.3) is 20.8 Å². The molecule has 144 valence electrons. The second kappa shape index (κ2) is 6.11. The number of aliphatic hydroxyl groups is 2. The van der Waals surface area contributed by atoms with E-state index in [1.165, 1.54) is 0 Å². The average Bonchev–Trinajstić information content (AvgIpc) is 3.33. The molecule has 3 aromatic heterocycles. The maximum absolute atomic E-state index is 10.6. The Morgan fingerprint density at radius 2 is 2.07 bits per heavy atom. The smallest absolute Gasteiger partial charge is 0.222 e. The van der Waals surface area contributed by atoms with E-state index >= 15 is 0 Å². The Morgan fingerprint density at radius 1 is 1.25 bits per heavy atom. The van der Waals surface area contributed by atoms with Crippen LogP contribution in [0.4, 0.5) is 11.8 Å². The molecule has 1 aliphatic heterocycles. The first kappa shape index (κ1) is 17.3. The maximum atomic E-state index is 10.6. The molecule has 2 bridgehead atoms. The molecule has 0 amide bonds. The van der Waals surface area contributed by atoms with E-state index in [0.717, 1.165) is 44.9 Å². The molecule has 3 aromatic rings. The second-order valence-corrected chi connectivity index (χ2v) is 8.38. The summed E-state index contributed by atoms with van der Waals surface area (Å²) in [5, 5.41) is 20.9. The van der Waals surface area contributed by atoms with Crippen LogP contribution in [0.2, 0.25) is 0 Å². The normalized spacial score (nSPS) is 25.3. The van der Waals surface area contributed by atoms with Crippen molar-refractivity contribution >= 4 is 33.3 Å². The minimum atomic E-state index is -0.713. The van der Waals surface area contributed by atoms with Crippen LogP contribution < -0.4 is 10.6 Å². The van der Waals surface area contributed by atoms with Gasteiger partial charge in [-0.25, -0.2) is 9.97 Å². The van der Waals surface area contributed by atoms with Gasteiger partial charge in [0.25, 0.3) is 0 Å². The number of pyridine rings is 1. The lowest BCUT2D eigenvalue weighted by Crippen LogP contribution is -2.43. The van der Waals surface area contributed by atoms with Gasteiger partial charge in [0.1, 0.15) is 16.3 Å². The number of nitrogens with zero attached hydrogens (tertiary/aromatic N) is 5. The van der Waals surface area contributed by atoms with Crippen molar-refractivity contribution in [2.45, 2.75) is 32.4 Å². The Bertz CT molecular complexity index is 1120. The molecule has 5 rings (SSSR count). The average molecular weight is 396 g/mol. The van der Waals surface area contributed by atoms with Crippen molar-refractivity contribution in [3.63, 3.8) is 0 Å².